The van der Waals surface area contributed by atoms with Gasteiger partial charge in [0.25, 0.3) is 0 Å². The largest absolute Gasteiger partial charge is 0.507 e. The van der Waals surface area contributed by atoms with Crippen LogP contribution in [0.15, 0.2) is 18.2 Å². The summed E-state index contributed by atoms with van der Waals surface area (Å²) >= 11 is 0. The van der Waals surface area contributed by atoms with E-state index in [1.54, 1.807) is 6.07 Å². The van der Waals surface area contributed by atoms with Crippen molar-refractivity contribution in [2.45, 2.75) is 38.2 Å². The number of hydrogen-bond acceptors (Lipinski definition) is 5. The van der Waals surface area contributed by atoms with Crippen LogP contribution in [0, 0.1) is 6.92 Å². The molecule has 2 aliphatic rings. The van der Waals surface area contributed by atoms with Crippen molar-refractivity contribution >= 4 is 5.82 Å². The van der Waals surface area contributed by atoms with Crippen LogP contribution >= 0.6 is 0 Å². The quantitative estimate of drug-likeness (QED) is 0.780. The van der Waals surface area contributed by atoms with E-state index < -0.39 is 23.7 Å². The Hall–Kier alpha value is -2.42. The number of alkyl halides is 4. The molecule has 4 rings (SSSR count). The Morgan fingerprint density at radius 2 is 2.04 bits per heavy atom. The minimum Gasteiger partial charge on any atom is -0.507 e. The number of anilines is 1. The van der Waals surface area contributed by atoms with Crippen LogP contribution in [0.4, 0.5) is 23.4 Å². The van der Waals surface area contributed by atoms with Gasteiger partial charge in [0.15, 0.2) is 5.82 Å². The number of aryl methyl sites for hydroxylation is 1. The molecule has 1 aromatic heterocycles. The maximum atomic E-state index is 13.4. The first-order chi connectivity index (χ1) is 13.2. The molecule has 2 atom stereocenters. The lowest BCUT2D eigenvalue weighted by Gasteiger charge is -2.22. The van der Waals surface area contributed by atoms with E-state index in [4.69, 9.17) is 0 Å². The molecule has 1 fully saturated rings. The summed E-state index contributed by atoms with van der Waals surface area (Å²) in [7, 11) is 0. The number of rotatable bonds is 3. The molecule has 3 heterocycles. The summed E-state index contributed by atoms with van der Waals surface area (Å²) in [5.41, 5.74) is 0.882. The first-order valence-corrected chi connectivity index (χ1v) is 9.12. The van der Waals surface area contributed by atoms with Crippen LogP contribution in [0.25, 0.3) is 11.3 Å². The van der Waals surface area contributed by atoms with E-state index in [1.807, 2.05) is 4.90 Å². The normalized spacial score (nSPS) is 22.0. The zero-order valence-electron chi connectivity index (χ0n) is 15.2. The monoisotopic (exact) mass is 396 g/mol. The molecular formula is C19H20F4N4O. The molecule has 9 heteroatoms. The van der Waals surface area contributed by atoms with E-state index in [-0.39, 0.29) is 17.2 Å². The molecule has 28 heavy (non-hydrogen) atoms. The fraction of sp³-hybridized carbons (Fsp3) is 0.474. The highest BCUT2D eigenvalue weighted by Crippen LogP contribution is 2.39. The Morgan fingerprint density at radius 3 is 2.68 bits per heavy atom. The number of nitrogens with one attached hydrogen (secondary N) is 1. The third-order valence-electron chi connectivity index (χ3n) is 5.31. The summed E-state index contributed by atoms with van der Waals surface area (Å²) in [6.07, 6.45) is -4.18. The fourth-order valence-electron chi connectivity index (χ4n) is 3.98. The van der Waals surface area contributed by atoms with Gasteiger partial charge in [0.1, 0.15) is 11.9 Å². The van der Waals surface area contributed by atoms with Crippen LogP contribution in [0.5, 0.6) is 5.75 Å². The Labute approximate surface area is 159 Å². The van der Waals surface area contributed by atoms with Crippen LogP contribution in [-0.2, 0) is 12.6 Å². The Balaban J connectivity index is 1.60. The molecule has 0 aliphatic carbocycles. The van der Waals surface area contributed by atoms with Gasteiger partial charge in [0, 0.05) is 36.8 Å². The van der Waals surface area contributed by atoms with Crippen molar-refractivity contribution in [1.82, 2.24) is 15.5 Å². The maximum absolute atomic E-state index is 13.4. The summed E-state index contributed by atoms with van der Waals surface area (Å²) < 4.78 is 52.1. The van der Waals surface area contributed by atoms with E-state index in [9.17, 15) is 22.7 Å². The molecule has 2 aliphatic heterocycles. The second kappa shape index (κ2) is 6.88. The number of phenols is 1. The second-order valence-corrected chi connectivity index (χ2v) is 7.40. The zero-order chi connectivity index (χ0) is 20.1. The molecule has 0 radical (unpaired) electrons. The molecule has 1 saturated heterocycles. The number of aromatic hydroxyl groups is 1. The van der Waals surface area contributed by atoms with Gasteiger partial charge >= 0.3 is 6.18 Å². The maximum Gasteiger partial charge on any atom is 0.416 e. The van der Waals surface area contributed by atoms with Gasteiger partial charge in [-0.25, -0.2) is 4.39 Å². The number of hydrogen-bond donors (Lipinski definition) is 2. The van der Waals surface area contributed by atoms with Gasteiger partial charge in [-0.1, -0.05) is 0 Å². The predicted octanol–water partition coefficient (Wildman–Crippen LogP) is 3.24. The third-order valence-corrected chi connectivity index (χ3v) is 5.31. The topological polar surface area (TPSA) is 61.3 Å². The average molecular weight is 396 g/mol. The number of benzene rings is 1. The lowest BCUT2D eigenvalue weighted by molar-refractivity contribution is -0.137. The van der Waals surface area contributed by atoms with Gasteiger partial charge in [-0.05, 0) is 43.5 Å². The first kappa shape index (κ1) is 18.9. The molecule has 150 valence electrons. The van der Waals surface area contributed by atoms with Gasteiger partial charge in [-0.15, -0.1) is 10.2 Å². The molecule has 1 aromatic carbocycles. The van der Waals surface area contributed by atoms with Crippen molar-refractivity contribution in [3.05, 3.63) is 34.9 Å². The Morgan fingerprint density at radius 1 is 1.25 bits per heavy atom. The molecule has 2 aromatic rings. The van der Waals surface area contributed by atoms with Crippen molar-refractivity contribution < 1.29 is 22.7 Å². The summed E-state index contributed by atoms with van der Waals surface area (Å²) in [4.78, 5) is 2.04. The molecule has 0 saturated carbocycles. The van der Waals surface area contributed by atoms with Crippen molar-refractivity contribution in [3.8, 4) is 17.0 Å². The summed E-state index contributed by atoms with van der Waals surface area (Å²) in [5.74, 6) is 0.234. The SMILES string of the molecule is Cc1cc(C(F)(F)F)cc(O)c1-c1cc2c(nn1)N(C[C@@H]1C[C@H](F)CN1)CC2. The average Bonchev–Trinajstić information content (AvgIpc) is 3.20. The Kier molecular flexibility index (Phi) is 4.65. The van der Waals surface area contributed by atoms with E-state index in [0.29, 0.717) is 43.5 Å². The van der Waals surface area contributed by atoms with Gasteiger partial charge < -0.3 is 15.3 Å². The smallest absolute Gasteiger partial charge is 0.416 e. The van der Waals surface area contributed by atoms with Crippen molar-refractivity contribution in [2.24, 2.45) is 0 Å². The lowest BCUT2D eigenvalue weighted by Crippen LogP contribution is -2.37. The predicted molar refractivity (Wildman–Crippen MR) is 96.1 cm³/mol. The molecule has 0 amide bonds. The van der Waals surface area contributed by atoms with Gasteiger partial charge in [-0.2, -0.15) is 13.2 Å². The van der Waals surface area contributed by atoms with Crippen LogP contribution in [0.1, 0.15) is 23.1 Å². The highest BCUT2D eigenvalue weighted by Gasteiger charge is 2.33. The van der Waals surface area contributed by atoms with Crippen molar-refractivity contribution in [2.75, 3.05) is 24.5 Å². The van der Waals surface area contributed by atoms with Gasteiger partial charge in [0.2, 0.25) is 0 Å². The summed E-state index contributed by atoms with van der Waals surface area (Å²) in [5, 5.41) is 21.7. The lowest BCUT2D eigenvalue weighted by atomic mass is 9.99. The van der Waals surface area contributed by atoms with Gasteiger partial charge in [0.05, 0.1) is 11.3 Å². The molecule has 5 nitrogen and oxygen atoms in total. The van der Waals surface area contributed by atoms with E-state index in [2.05, 4.69) is 15.5 Å². The Bertz CT molecular complexity index is 879. The van der Waals surface area contributed by atoms with Crippen LogP contribution in [-0.4, -0.2) is 47.2 Å². The number of nitrogens with zero attached hydrogens (tertiary/aromatic N) is 3. The van der Waals surface area contributed by atoms with Crippen LogP contribution in [0.2, 0.25) is 0 Å². The fourth-order valence-corrected chi connectivity index (χ4v) is 3.98. The third kappa shape index (κ3) is 3.50. The first-order valence-electron chi connectivity index (χ1n) is 9.12. The standard InChI is InChI=1S/C19H20F4N4O/c1-10-4-12(19(21,22)23)6-16(28)17(10)15-5-11-2-3-27(18(11)26-25-15)9-14-7-13(20)8-24-14/h4-6,13-14,24,28H,2-3,7-9H2,1H3/t13-,14-/m0/s1. The molecule has 0 spiro atoms. The van der Waals surface area contributed by atoms with Crippen molar-refractivity contribution in [1.29, 1.82) is 0 Å². The van der Waals surface area contributed by atoms with Crippen LogP contribution < -0.4 is 10.2 Å². The van der Waals surface area contributed by atoms with E-state index >= 15 is 0 Å². The summed E-state index contributed by atoms with van der Waals surface area (Å²) in [6.45, 7) is 3.22. The molecule has 2 N–H and O–H groups in total. The highest BCUT2D eigenvalue weighted by molar-refractivity contribution is 5.73. The molecule has 0 bridgehead atoms. The minimum absolute atomic E-state index is 0.0589. The van der Waals surface area contributed by atoms with Crippen LogP contribution in [0.3, 0.4) is 0 Å². The van der Waals surface area contributed by atoms with E-state index in [0.717, 1.165) is 18.2 Å². The zero-order valence-corrected chi connectivity index (χ0v) is 15.2. The minimum atomic E-state index is -4.53. The number of phenolic OH excluding ortho intramolecular Hbond substituents is 1. The molecular weight excluding hydrogens is 376 g/mol. The second-order valence-electron chi connectivity index (χ2n) is 7.40. The van der Waals surface area contributed by atoms with E-state index in [1.165, 1.54) is 6.92 Å². The number of aromatic nitrogens is 2. The number of halogens is 4. The number of fused-ring (bicyclic) bond motifs is 1. The summed E-state index contributed by atoms with van der Waals surface area (Å²) in [6, 6.07) is 3.53. The highest BCUT2D eigenvalue weighted by atomic mass is 19.4. The molecule has 0 unspecified atom stereocenters. The van der Waals surface area contributed by atoms with Gasteiger partial charge in [-0.3, -0.25) is 0 Å². The van der Waals surface area contributed by atoms with Crippen molar-refractivity contribution in [3.63, 3.8) is 0 Å².